The average molecular weight is 493 g/mol. The minimum atomic E-state index is -0.234. The summed E-state index contributed by atoms with van der Waals surface area (Å²) >= 11 is 5.78. The molecule has 1 unspecified atom stereocenters. The number of allylic oxidation sites excluding steroid dienone is 1. The molecule has 0 saturated carbocycles. The van der Waals surface area contributed by atoms with Gasteiger partial charge in [-0.15, -0.1) is 0 Å². The summed E-state index contributed by atoms with van der Waals surface area (Å²) in [5, 5.41) is 8.45. The summed E-state index contributed by atoms with van der Waals surface area (Å²) < 4.78 is 16.9. The lowest BCUT2D eigenvalue weighted by molar-refractivity contribution is 0.0749. The molecule has 0 spiro atoms. The third-order valence-electron chi connectivity index (χ3n) is 5.96. The van der Waals surface area contributed by atoms with E-state index in [1.54, 1.807) is 7.11 Å². The molecule has 0 aliphatic carbocycles. The predicted molar refractivity (Wildman–Crippen MR) is 141 cm³/mol. The quantitative estimate of drug-likeness (QED) is 0.309. The summed E-state index contributed by atoms with van der Waals surface area (Å²) in [6.07, 6.45) is 1.04. The first-order valence-corrected chi connectivity index (χ1v) is 12.2. The highest BCUT2D eigenvalue weighted by atomic mass is 32.1. The Morgan fingerprint density at radius 1 is 1.14 bits per heavy atom. The highest BCUT2D eigenvalue weighted by Crippen LogP contribution is 2.38. The van der Waals surface area contributed by atoms with Gasteiger partial charge in [0.05, 0.1) is 24.8 Å². The van der Waals surface area contributed by atoms with Crippen molar-refractivity contribution in [1.29, 1.82) is 0 Å². The Hall–Kier alpha value is -3.23. The van der Waals surface area contributed by atoms with Crippen LogP contribution in [0.2, 0.25) is 0 Å². The van der Waals surface area contributed by atoms with Gasteiger partial charge >= 0.3 is 0 Å². The molecular formula is C27H32N4O3S. The fourth-order valence-electron chi connectivity index (χ4n) is 4.15. The van der Waals surface area contributed by atoms with Gasteiger partial charge in [-0.05, 0) is 70.1 Å². The number of aromatic nitrogens is 2. The van der Waals surface area contributed by atoms with Gasteiger partial charge < -0.3 is 24.2 Å². The first-order valence-electron chi connectivity index (χ1n) is 11.8. The van der Waals surface area contributed by atoms with Gasteiger partial charge in [0.1, 0.15) is 5.75 Å². The maximum Gasteiger partial charge on any atom is 0.258 e. The predicted octanol–water partition coefficient (Wildman–Crippen LogP) is 5.53. The van der Waals surface area contributed by atoms with Crippen LogP contribution in [-0.4, -0.2) is 46.5 Å². The Labute approximate surface area is 212 Å². The molecule has 35 heavy (non-hydrogen) atoms. The molecule has 4 rings (SSSR count). The second-order valence-corrected chi connectivity index (χ2v) is 9.26. The molecule has 3 aromatic rings. The van der Waals surface area contributed by atoms with Crippen molar-refractivity contribution in [2.24, 2.45) is 0 Å². The zero-order chi connectivity index (χ0) is 24.9. The van der Waals surface area contributed by atoms with Crippen LogP contribution in [0.4, 0.5) is 0 Å². The van der Waals surface area contributed by atoms with Crippen LogP contribution in [-0.2, 0) is 4.74 Å². The van der Waals surface area contributed by atoms with E-state index < -0.39 is 0 Å². The van der Waals surface area contributed by atoms with E-state index in [1.807, 2.05) is 69.3 Å². The SMILES string of the molecule is COc1ccc(C2NC(=S)N(CCCOC(C)C)C(C)=C2c2nc(-c3cccc(C)c3)no2)cc1. The van der Waals surface area contributed by atoms with E-state index >= 15 is 0 Å². The summed E-state index contributed by atoms with van der Waals surface area (Å²) in [6.45, 7) is 9.57. The summed E-state index contributed by atoms with van der Waals surface area (Å²) in [5.41, 5.74) is 4.97. The number of ether oxygens (including phenoxy) is 2. The number of aryl methyl sites for hydroxylation is 1. The Balaban J connectivity index is 1.71. The standard InChI is InChI=1S/C27H32N4O3S/c1-17(2)33-15-7-14-31-19(4)23(24(28-27(31)35)20-10-12-22(32-5)13-11-20)26-29-25(30-34-26)21-9-6-8-18(3)16-21/h6,8-13,16-17,24H,7,14-15H2,1-5H3,(H,28,35). The van der Waals surface area contributed by atoms with Crippen LogP contribution in [0, 0.1) is 6.92 Å². The summed E-state index contributed by atoms with van der Waals surface area (Å²) in [4.78, 5) is 6.88. The van der Waals surface area contributed by atoms with Gasteiger partial charge in [0.15, 0.2) is 5.11 Å². The minimum Gasteiger partial charge on any atom is -0.497 e. The molecule has 2 aromatic carbocycles. The Morgan fingerprint density at radius 3 is 2.60 bits per heavy atom. The molecule has 2 heterocycles. The number of nitrogens with zero attached hydrogens (tertiary/aromatic N) is 3. The zero-order valence-electron chi connectivity index (χ0n) is 20.9. The van der Waals surface area contributed by atoms with Gasteiger partial charge in [0.25, 0.3) is 5.89 Å². The number of benzene rings is 2. The summed E-state index contributed by atoms with van der Waals surface area (Å²) in [6, 6.07) is 15.8. The molecule has 0 fully saturated rings. The molecule has 1 N–H and O–H groups in total. The van der Waals surface area contributed by atoms with Crippen LogP contribution in [0.15, 0.2) is 58.8 Å². The van der Waals surface area contributed by atoms with E-state index in [0.29, 0.717) is 23.4 Å². The van der Waals surface area contributed by atoms with Crippen molar-refractivity contribution < 1.29 is 14.0 Å². The van der Waals surface area contributed by atoms with Crippen molar-refractivity contribution in [2.45, 2.75) is 46.3 Å². The average Bonchev–Trinajstić information content (AvgIpc) is 3.33. The maximum atomic E-state index is 5.83. The first kappa shape index (κ1) is 24.9. The zero-order valence-corrected chi connectivity index (χ0v) is 21.7. The molecule has 7 nitrogen and oxygen atoms in total. The van der Waals surface area contributed by atoms with Crippen LogP contribution in [0.5, 0.6) is 5.75 Å². The highest BCUT2D eigenvalue weighted by Gasteiger charge is 2.34. The number of methoxy groups -OCH3 is 1. The summed E-state index contributed by atoms with van der Waals surface area (Å²) in [7, 11) is 1.66. The fraction of sp³-hybridized carbons (Fsp3) is 0.370. The normalized spacial score (nSPS) is 16.1. The summed E-state index contributed by atoms with van der Waals surface area (Å²) in [5.74, 6) is 1.82. The van der Waals surface area contributed by atoms with Crippen molar-refractivity contribution >= 4 is 22.9 Å². The topological polar surface area (TPSA) is 72.7 Å². The molecule has 1 atom stereocenters. The second-order valence-electron chi connectivity index (χ2n) is 8.87. The number of hydrogen-bond acceptors (Lipinski definition) is 6. The molecule has 184 valence electrons. The van der Waals surface area contributed by atoms with Gasteiger partial charge in [-0.25, -0.2) is 0 Å². The Bertz CT molecular complexity index is 1200. The fourth-order valence-corrected chi connectivity index (χ4v) is 4.50. The number of hydrogen-bond donors (Lipinski definition) is 1. The van der Waals surface area contributed by atoms with Crippen molar-refractivity contribution in [1.82, 2.24) is 20.4 Å². The van der Waals surface area contributed by atoms with Gasteiger partial charge in [-0.2, -0.15) is 4.98 Å². The van der Waals surface area contributed by atoms with Gasteiger partial charge in [-0.1, -0.05) is 41.1 Å². The van der Waals surface area contributed by atoms with E-state index in [1.165, 1.54) is 0 Å². The Kier molecular flexibility index (Phi) is 7.83. The molecule has 1 aliphatic heterocycles. The van der Waals surface area contributed by atoms with Gasteiger partial charge in [0, 0.05) is 24.4 Å². The lowest BCUT2D eigenvalue weighted by Gasteiger charge is -2.37. The number of thiocarbonyl (C=S) groups is 1. The highest BCUT2D eigenvalue weighted by molar-refractivity contribution is 7.80. The third-order valence-corrected chi connectivity index (χ3v) is 6.29. The molecular weight excluding hydrogens is 460 g/mol. The van der Waals surface area contributed by atoms with E-state index in [0.717, 1.165) is 46.7 Å². The van der Waals surface area contributed by atoms with Crippen molar-refractivity contribution in [3.05, 3.63) is 71.2 Å². The van der Waals surface area contributed by atoms with E-state index in [9.17, 15) is 0 Å². The van der Waals surface area contributed by atoms with E-state index in [-0.39, 0.29) is 12.1 Å². The smallest absolute Gasteiger partial charge is 0.258 e. The number of nitrogens with one attached hydrogen (secondary N) is 1. The molecule has 0 radical (unpaired) electrons. The largest absolute Gasteiger partial charge is 0.497 e. The third kappa shape index (κ3) is 5.71. The van der Waals surface area contributed by atoms with Gasteiger partial charge in [0.2, 0.25) is 5.82 Å². The van der Waals surface area contributed by atoms with Crippen molar-refractivity contribution in [3.8, 4) is 17.1 Å². The molecule has 8 heteroatoms. The van der Waals surface area contributed by atoms with Crippen LogP contribution >= 0.6 is 12.2 Å². The number of rotatable bonds is 9. The van der Waals surface area contributed by atoms with E-state index in [2.05, 4.69) is 22.3 Å². The van der Waals surface area contributed by atoms with Gasteiger partial charge in [-0.3, -0.25) is 0 Å². The molecule has 0 bridgehead atoms. The maximum absolute atomic E-state index is 5.83. The van der Waals surface area contributed by atoms with Crippen LogP contribution in [0.25, 0.3) is 17.0 Å². The molecule has 0 saturated heterocycles. The molecule has 1 aromatic heterocycles. The van der Waals surface area contributed by atoms with Crippen LogP contribution in [0.1, 0.15) is 50.3 Å². The first-order chi connectivity index (χ1) is 16.9. The van der Waals surface area contributed by atoms with Crippen LogP contribution < -0.4 is 10.1 Å². The lowest BCUT2D eigenvalue weighted by Crippen LogP contribution is -2.46. The van der Waals surface area contributed by atoms with E-state index in [4.69, 9.17) is 31.2 Å². The monoisotopic (exact) mass is 492 g/mol. The van der Waals surface area contributed by atoms with Crippen molar-refractivity contribution in [2.75, 3.05) is 20.3 Å². The lowest BCUT2D eigenvalue weighted by atomic mass is 9.94. The Morgan fingerprint density at radius 2 is 1.91 bits per heavy atom. The molecule has 0 amide bonds. The van der Waals surface area contributed by atoms with Crippen molar-refractivity contribution in [3.63, 3.8) is 0 Å². The van der Waals surface area contributed by atoms with Crippen LogP contribution in [0.3, 0.4) is 0 Å². The molecule has 1 aliphatic rings. The second kappa shape index (κ2) is 11.0. The minimum absolute atomic E-state index is 0.200.